The first kappa shape index (κ1) is 12.4. The quantitative estimate of drug-likeness (QED) is 0.710. The molecule has 0 amide bonds. The number of thiazole rings is 1. The SMILES string of the molecule is CC(C)c1csc(C2C3C=CC(C3)C2C(C)C)n1. The normalized spacial score (nSPS) is 34.1. The van der Waals surface area contributed by atoms with Crippen molar-refractivity contribution in [3.63, 3.8) is 0 Å². The first-order valence-corrected chi connectivity index (χ1v) is 8.09. The standard InChI is InChI=1S/C16H23NS/c1-9(2)13-8-18-16(17-13)15-12-6-5-11(7-12)14(15)10(3)4/h5-6,8-12,14-15H,7H2,1-4H3. The molecule has 2 aliphatic rings. The van der Waals surface area contributed by atoms with E-state index in [1.54, 1.807) is 0 Å². The van der Waals surface area contributed by atoms with E-state index in [1.807, 2.05) is 11.3 Å². The van der Waals surface area contributed by atoms with Crippen LogP contribution in [0.15, 0.2) is 17.5 Å². The molecule has 1 heterocycles. The maximum Gasteiger partial charge on any atom is 0.0968 e. The van der Waals surface area contributed by atoms with E-state index in [0.717, 1.165) is 23.7 Å². The van der Waals surface area contributed by atoms with Crippen molar-refractivity contribution in [2.24, 2.45) is 23.7 Å². The van der Waals surface area contributed by atoms with E-state index in [-0.39, 0.29) is 0 Å². The van der Waals surface area contributed by atoms with Crippen molar-refractivity contribution < 1.29 is 0 Å². The summed E-state index contributed by atoms with van der Waals surface area (Å²) in [5, 5.41) is 3.67. The lowest BCUT2D eigenvalue weighted by Crippen LogP contribution is -2.22. The van der Waals surface area contributed by atoms with E-state index in [9.17, 15) is 0 Å². The van der Waals surface area contributed by atoms with Gasteiger partial charge in [0.1, 0.15) is 0 Å². The molecule has 0 radical (unpaired) electrons. The summed E-state index contributed by atoms with van der Waals surface area (Å²) in [4.78, 5) is 4.93. The minimum atomic E-state index is 0.557. The fourth-order valence-corrected chi connectivity index (χ4v) is 5.05. The van der Waals surface area contributed by atoms with E-state index in [4.69, 9.17) is 4.98 Å². The van der Waals surface area contributed by atoms with Crippen LogP contribution in [0.3, 0.4) is 0 Å². The van der Waals surface area contributed by atoms with Gasteiger partial charge in [0.15, 0.2) is 0 Å². The first-order chi connectivity index (χ1) is 8.58. The van der Waals surface area contributed by atoms with E-state index in [2.05, 4.69) is 45.2 Å². The van der Waals surface area contributed by atoms with Crippen LogP contribution in [0.25, 0.3) is 0 Å². The van der Waals surface area contributed by atoms with E-state index in [0.29, 0.717) is 11.8 Å². The minimum Gasteiger partial charge on any atom is -0.246 e. The Bertz CT molecular complexity index is 457. The van der Waals surface area contributed by atoms with Gasteiger partial charge in [-0.25, -0.2) is 4.98 Å². The van der Waals surface area contributed by atoms with Gasteiger partial charge in [0.25, 0.3) is 0 Å². The summed E-state index contributed by atoms with van der Waals surface area (Å²) in [6.45, 7) is 9.23. The third-order valence-electron chi connectivity index (χ3n) is 4.71. The van der Waals surface area contributed by atoms with Crippen LogP contribution < -0.4 is 0 Å². The third kappa shape index (κ3) is 1.85. The number of allylic oxidation sites excluding steroid dienone is 2. The molecule has 1 fully saturated rings. The number of nitrogens with zero attached hydrogens (tertiary/aromatic N) is 1. The zero-order valence-electron chi connectivity index (χ0n) is 11.8. The molecule has 1 nitrogen and oxygen atoms in total. The topological polar surface area (TPSA) is 12.9 Å². The number of hydrogen-bond acceptors (Lipinski definition) is 2. The predicted octanol–water partition coefficient (Wildman–Crippen LogP) is 4.83. The molecule has 2 heteroatoms. The molecule has 4 unspecified atom stereocenters. The van der Waals surface area contributed by atoms with Gasteiger partial charge in [0.2, 0.25) is 0 Å². The highest BCUT2D eigenvalue weighted by atomic mass is 32.1. The van der Waals surface area contributed by atoms with E-state index in [1.165, 1.54) is 17.1 Å². The number of aromatic nitrogens is 1. The maximum absolute atomic E-state index is 4.93. The number of rotatable bonds is 3. The molecule has 1 aromatic rings. The zero-order chi connectivity index (χ0) is 12.9. The highest BCUT2D eigenvalue weighted by molar-refractivity contribution is 7.09. The van der Waals surface area contributed by atoms with Crippen LogP contribution in [0, 0.1) is 23.7 Å². The predicted molar refractivity (Wildman–Crippen MR) is 78.0 cm³/mol. The highest BCUT2D eigenvalue weighted by Gasteiger charge is 2.47. The van der Waals surface area contributed by atoms with Crippen molar-refractivity contribution in [3.05, 3.63) is 28.2 Å². The monoisotopic (exact) mass is 261 g/mol. The second-order valence-electron chi connectivity index (χ2n) is 6.56. The zero-order valence-corrected chi connectivity index (χ0v) is 12.6. The smallest absolute Gasteiger partial charge is 0.0968 e. The summed E-state index contributed by atoms with van der Waals surface area (Å²) < 4.78 is 0. The molecule has 1 saturated carbocycles. The Labute approximate surface area is 114 Å². The minimum absolute atomic E-state index is 0.557. The molecule has 4 atom stereocenters. The third-order valence-corrected chi connectivity index (χ3v) is 5.67. The van der Waals surface area contributed by atoms with E-state index < -0.39 is 0 Å². The Morgan fingerprint density at radius 2 is 1.89 bits per heavy atom. The Morgan fingerprint density at radius 3 is 2.50 bits per heavy atom. The van der Waals surface area contributed by atoms with Crippen LogP contribution in [-0.2, 0) is 0 Å². The molecule has 0 aliphatic heterocycles. The molecule has 0 aromatic carbocycles. The molecular weight excluding hydrogens is 238 g/mol. The van der Waals surface area contributed by atoms with Crippen LogP contribution >= 0.6 is 11.3 Å². The van der Waals surface area contributed by atoms with Gasteiger partial charge in [-0.3, -0.25) is 0 Å². The molecule has 0 spiro atoms. The lowest BCUT2D eigenvalue weighted by molar-refractivity contribution is 0.293. The van der Waals surface area contributed by atoms with Crippen molar-refractivity contribution in [2.75, 3.05) is 0 Å². The van der Waals surface area contributed by atoms with Gasteiger partial charge in [-0.1, -0.05) is 39.8 Å². The summed E-state index contributed by atoms with van der Waals surface area (Å²) in [6.07, 6.45) is 6.28. The van der Waals surface area contributed by atoms with Gasteiger partial charge in [-0.05, 0) is 36.0 Å². The van der Waals surface area contributed by atoms with Crippen LogP contribution in [-0.4, -0.2) is 4.98 Å². The molecule has 98 valence electrons. The molecule has 2 bridgehead atoms. The largest absolute Gasteiger partial charge is 0.246 e. The fourth-order valence-electron chi connectivity index (χ4n) is 3.84. The lowest BCUT2D eigenvalue weighted by atomic mass is 9.76. The maximum atomic E-state index is 4.93. The molecule has 1 aromatic heterocycles. The molecule has 18 heavy (non-hydrogen) atoms. The van der Waals surface area contributed by atoms with E-state index >= 15 is 0 Å². The summed E-state index contributed by atoms with van der Waals surface area (Å²) in [5.41, 5.74) is 1.28. The second-order valence-corrected chi connectivity index (χ2v) is 7.45. The average Bonchev–Trinajstić information content (AvgIpc) is 3.02. The summed E-state index contributed by atoms with van der Waals surface area (Å²) >= 11 is 1.89. The lowest BCUT2D eigenvalue weighted by Gasteiger charge is -2.29. The van der Waals surface area contributed by atoms with Crippen molar-refractivity contribution in [3.8, 4) is 0 Å². The van der Waals surface area contributed by atoms with Crippen LogP contribution in [0.5, 0.6) is 0 Å². The van der Waals surface area contributed by atoms with Gasteiger partial charge in [-0.2, -0.15) is 0 Å². The average molecular weight is 261 g/mol. The van der Waals surface area contributed by atoms with Crippen LogP contribution in [0.1, 0.15) is 56.7 Å². The summed E-state index contributed by atoms with van der Waals surface area (Å²) in [6, 6.07) is 0. The fraction of sp³-hybridized carbons (Fsp3) is 0.688. The van der Waals surface area contributed by atoms with Crippen molar-refractivity contribution in [1.29, 1.82) is 0 Å². The summed E-state index contributed by atoms with van der Waals surface area (Å²) in [5.74, 6) is 4.40. The molecule has 0 saturated heterocycles. The van der Waals surface area contributed by atoms with Gasteiger partial charge in [-0.15, -0.1) is 11.3 Å². The van der Waals surface area contributed by atoms with Gasteiger partial charge in [0, 0.05) is 11.3 Å². The van der Waals surface area contributed by atoms with Gasteiger partial charge in [0.05, 0.1) is 10.7 Å². The van der Waals surface area contributed by atoms with Crippen LogP contribution in [0.4, 0.5) is 0 Å². The molecule has 0 N–H and O–H groups in total. The molecular formula is C16H23NS. The van der Waals surface area contributed by atoms with Crippen molar-refractivity contribution in [1.82, 2.24) is 4.98 Å². The summed E-state index contributed by atoms with van der Waals surface area (Å²) in [7, 11) is 0. The first-order valence-electron chi connectivity index (χ1n) is 7.21. The molecule has 2 aliphatic carbocycles. The highest BCUT2D eigenvalue weighted by Crippen LogP contribution is 2.56. The van der Waals surface area contributed by atoms with Gasteiger partial charge < -0.3 is 0 Å². The van der Waals surface area contributed by atoms with Gasteiger partial charge >= 0.3 is 0 Å². The number of hydrogen-bond donors (Lipinski definition) is 0. The van der Waals surface area contributed by atoms with Crippen LogP contribution in [0.2, 0.25) is 0 Å². The van der Waals surface area contributed by atoms with Crippen molar-refractivity contribution in [2.45, 2.75) is 46.0 Å². The Kier molecular flexibility index (Phi) is 3.09. The Hall–Kier alpha value is -0.630. The Morgan fingerprint density at radius 1 is 1.17 bits per heavy atom. The number of fused-ring (bicyclic) bond motifs is 2. The van der Waals surface area contributed by atoms with Crippen molar-refractivity contribution >= 4 is 11.3 Å². The molecule has 3 rings (SSSR count). The second kappa shape index (κ2) is 4.48. The Balaban J connectivity index is 1.92.